The molecule has 0 atom stereocenters. The van der Waals surface area contributed by atoms with E-state index in [-0.39, 0.29) is 24.3 Å². The Hall–Kier alpha value is -15.2. The molecule has 124 heavy (non-hydrogen) atoms. The van der Waals surface area contributed by atoms with E-state index in [0.717, 1.165) is 123 Å². The van der Waals surface area contributed by atoms with Crippen LogP contribution in [0, 0.1) is 11.3 Å². The van der Waals surface area contributed by atoms with Gasteiger partial charge in [0.15, 0.2) is 0 Å². The van der Waals surface area contributed by atoms with Crippen molar-refractivity contribution >= 4 is 89.8 Å². The highest BCUT2D eigenvalue weighted by atomic mass is 16.5. The first kappa shape index (κ1) is 72.8. The molecule has 0 saturated carbocycles. The summed E-state index contributed by atoms with van der Waals surface area (Å²) in [6, 6.07) is 144. The van der Waals surface area contributed by atoms with E-state index in [2.05, 4.69) is 427 Å². The average Bonchev–Trinajstić information content (AvgIpc) is 1.48. The monoisotopic (exact) mass is 1580 g/mol. The summed E-state index contributed by atoms with van der Waals surface area (Å²) in [5, 5.41) is 14.7. The van der Waals surface area contributed by atoms with Gasteiger partial charge in [0, 0.05) is 44.0 Å². The lowest BCUT2D eigenvalue weighted by atomic mass is 9.34. The molecular formula is C117H81B2N3O2. The van der Waals surface area contributed by atoms with Gasteiger partial charge in [-0.2, -0.15) is 5.26 Å². The smallest absolute Gasteiger partial charge is 0.256 e. The zero-order chi connectivity index (χ0) is 83.0. The van der Waals surface area contributed by atoms with E-state index in [9.17, 15) is 5.26 Å². The van der Waals surface area contributed by atoms with E-state index in [1.165, 1.54) is 121 Å². The third-order valence-electron chi connectivity index (χ3n) is 26.8. The molecule has 582 valence electrons. The molecule has 4 aliphatic rings. The molecule has 2 aromatic heterocycles. The van der Waals surface area contributed by atoms with Crippen LogP contribution in [-0.2, 0) is 10.8 Å². The number of nitrogens with zero attached hydrogens (tertiary/aromatic N) is 3. The average molecular weight is 1580 g/mol. The first-order valence-electron chi connectivity index (χ1n) is 43.2. The van der Waals surface area contributed by atoms with Gasteiger partial charge >= 0.3 is 0 Å². The zero-order valence-corrected chi connectivity index (χ0v) is 69.7. The van der Waals surface area contributed by atoms with Gasteiger partial charge in [0.1, 0.15) is 23.0 Å². The largest absolute Gasteiger partial charge is 0.458 e. The summed E-state index contributed by atoms with van der Waals surface area (Å²) in [6.07, 6.45) is 0. The number of ether oxygens (including phenoxy) is 2. The summed E-state index contributed by atoms with van der Waals surface area (Å²) in [5.74, 6) is 3.42. The number of aromatic nitrogens is 2. The molecule has 0 fully saturated rings. The molecule has 20 aromatic rings. The van der Waals surface area contributed by atoms with Crippen molar-refractivity contribution in [1.82, 2.24) is 9.13 Å². The molecule has 0 aliphatic carbocycles. The number of nitriles is 1. The van der Waals surface area contributed by atoms with Crippen LogP contribution in [-0.4, -0.2) is 22.6 Å². The Bertz CT molecular complexity index is 7920. The molecule has 0 saturated heterocycles. The number of hydrogen-bond donors (Lipinski definition) is 0. The van der Waals surface area contributed by atoms with Crippen molar-refractivity contribution in [3.05, 3.63) is 399 Å². The maximum atomic E-state index is 9.99. The Morgan fingerprint density at radius 1 is 0.242 bits per heavy atom. The van der Waals surface area contributed by atoms with Crippen LogP contribution in [0.3, 0.4) is 0 Å². The molecule has 0 N–H and O–H groups in total. The van der Waals surface area contributed by atoms with E-state index >= 15 is 0 Å². The lowest BCUT2D eigenvalue weighted by Gasteiger charge is -2.35. The van der Waals surface area contributed by atoms with E-state index < -0.39 is 0 Å². The summed E-state index contributed by atoms with van der Waals surface area (Å²) >= 11 is 0. The molecule has 0 bridgehead atoms. The van der Waals surface area contributed by atoms with Gasteiger partial charge in [-0.25, -0.2) is 0 Å². The molecule has 0 amide bonds. The van der Waals surface area contributed by atoms with Gasteiger partial charge in [0.05, 0.1) is 22.7 Å². The summed E-state index contributed by atoms with van der Waals surface area (Å²) in [4.78, 5) is 0. The fourth-order valence-corrected chi connectivity index (χ4v) is 20.7. The third kappa shape index (κ3) is 11.6. The predicted octanol–water partition coefficient (Wildman–Crippen LogP) is 26.6. The molecule has 0 unspecified atom stereocenters. The summed E-state index contributed by atoms with van der Waals surface area (Å²) in [6.45, 7) is 13.5. The van der Waals surface area contributed by atoms with Crippen LogP contribution in [0.4, 0.5) is 0 Å². The Morgan fingerprint density at radius 3 is 0.968 bits per heavy atom. The second kappa shape index (κ2) is 27.9. The lowest BCUT2D eigenvalue weighted by molar-refractivity contribution is 0.486. The van der Waals surface area contributed by atoms with Gasteiger partial charge in [-0.05, 0) is 268 Å². The van der Waals surface area contributed by atoms with E-state index in [4.69, 9.17) is 9.47 Å². The van der Waals surface area contributed by atoms with Gasteiger partial charge in [-0.3, -0.25) is 0 Å². The molecular weight excluding hydrogens is 1500 g/mol. The molecule has 4 aliphatic heterocycles. The number of hydrogen-bond acceptors (Lipinski definition) is 3. The van der Waals surface area contributed by atoms with Crippen molar-refractivity contribution in [2.75, 3.05) is 0 Å². The number of benzene rings is 18. The van der Waals surface area contributed by atoms with Crippen molar-refractivity contribution in [3.63, 3.8) is 0 Å². The highest BCUT2D eigenvalue weighted by Gasteiger charge is 2.45. The fourth-order valence-electron chi connectivity index (χ4n) is 20.7. The zero-order valence-electron chi connectivity index (χ0n) is 69.7. The Morgan fingerprint density at radius 2 is 0.573 bits per heavy atom. The molecule has 24 rings (SSSR count). The minimum Gasteiger partial charge on any atom is -0.458 e. The highest BCUT2D eigenvalue weighted by Crippen LogP contribution is 2.49. The van der Waals surface area contributed by atoms with Crippen molar-refractivity contribution in [1.29, 1.82) is 5.26 Å². The van der Waals surface area contributed by atoms with Gasteiger partial charge < -0.3 is 18.6 Å². The first-order chi connectivity index (χ1) is 60.7. The van der Waals surface area contributed by atoms with Gasteiger partial charge in [-0.15, -0.1) is 0 Å². The van der Waals surface area contributed by atoms with E-state index in [0.29, 0.717) is 5.56 Å². The number of rotatable bonds is 11. The van der Waals surface area contributed by atoms with Crippen LogP contribution in [0.15, 0.2) is 382 Å². The minimum atomic E-state index is -0.204. The second-order valence-electron chi connectivity index (χ2n) is 36.1. The second-order valence-corrected chi connectivity index (χ2v) is 36.1. The molecule has 0 radical (unpaired) electrons. The van der Waals surface area contributed by atoms with Crippen LogP contribution in [0.1, 0.15) is 58.2 Å². The molecule has 7 heteroatoms. The normalized spacial score (nSPS) is 12.7. The quantitative estimate of drug-likeness (QED) is 0.121. The Balaban J connectivity index is 0.700. The third-order valence-corrected chi connectivity index (χ3v) is 26.8. The maximum Gasteiger partial charge on any atom is 0.256 e. The molecule has 0 spiro atoms. The van der Waals surface area contributed by atoms with E-state index in [1.54, 1.807) is 0 Å². The molecule has 5 nitrogen and oxygen atoms in total. The predicted molar refractivity (Wildman–Crippen MR) is 519 cm³/mol. The van der Waals surface area contributed by atoms with Crippen LogP contribution in [0.25, 0.3) is 177 Å². The molecule has 6 heterocycles. The Labute approximate surface area is 722 Å². The van der Waals surface area contributed by atoms with Crippen molar-refractivity contribution < 1.29 is 9.47 Å². The van der Waals surface area contributed by atoms with Crippen LogP contribution >= 0.6 is 0 Å². The SMILES string of the molecule is CC(C)(C)c1ccc2c(c1)B1c3c(cc(-c4ccc(-c5ccc(-c6ccccc6)c(-c6cc7c8c(c6)c6cc(-c9ccccc9-c9ccccc9)ccc6n8-c6cc(-c8ccc(C#N)cc8)cc8c6B7c6cc(C(C)(C)C)ccc6O8)c5)cc4)cc3-n3c4ccc(-c5ccccc5-c5ccccc5)cc4c4cc(-c5ccccc5-c5ccccc5)cc1c43)O2. The summed E-state index contributed by atoms with van der Waals surface area (Å²) in [7, 11) is 0. The first-order valence-corrected chi connectivity index (χ1v) is 43.2. The van der Waals surface area contributed by atoms with Crippen LogP contribution in [0.2, 0.25) is 0 Å². The van der Waals surface area contributed by atoms with Crippen molar-refractivity contribution in [2.45, 2.75) is 52.4 Å². The molecule has 18 aromatic carbocycles. The highest BCUT2D eigenvalue weighted by molar-refractivity contribution is 7.00. The van der Waals surface area contributed by atoms with Crippen molar-refractivity contribution in [3.8, 4) is 163 Å². The van der Waals surface area contributed by atoms with Crippen LogP contribution in [0.5, 0.6) is 23.0 Å². The van der Waals surface area contributed by atoms with Crippen molar-refractivity contribution in [2.24, 2.45) is 0 Å². The van der Waals surface area contributed by atoms with Gasteiger partial charge in [0.25, 0.3) is 13.4 Å². The summed E-state index contributed by atoms with van der Waals surface area (Å²) < 4.78 is 19.9. The number of fused-ring (bicyclic) bond motifs is 14. The Kier molecular flexibility index (Phi) is 16.4. The minimum absolute atomic E-state index is 0.119. The van der Waals surface area contributed by atoms with Gasteiger partial charge in [0.2, 0.25) is 0 Å². The maximum absolute atomic E-state index is 9.99. The standard InChI is InChI=1S/C117H81B2N3O2/c1-116(2,3)86-50-55-108-100(68-86)118-102-62-84(93-38-24-21-35-90(93)77-29-15-9-16-30-77)60-98-96-58-80(91-36-22-19-33-88(91)75-25-11-7-12-26-75)48-53-104(96)121(114(98)102)107-65-83(67-111(124-108)112(107)118)74-45-43-72(44-46-74)79-47-52-94(78-31-17-10-18-32-78)95(57-79)85-61-99-97-59-81(92-37-23-20-34-89(92)76-27-13-8-14-28-76)49-54-105(97)122-106-64-82(73-41-39-71(70-120)40-42-73)66-110-113(106)119(103(63-85)115(99)122)101-69-87(117(4,5)6)51-56-109(101)123-110/h7-69H,1-6H3. The summed E-state index contributed by atoms with van der Waals surface area (Å²) in [5.41, 5.74) is 41.9. The topological polar surface area (TPSA) is 52.1 Å². The van der Waals surface area contributed by atoms with Crippen LogP contribution < -0.4 is 42.3 Å². The van der Waals surface area contributed by atoms with Gasteiger partial charge in [-0.1, -0.05) is 333 Å². The lowest BCUT2D eigenvalue weighted by Crippen LogP contribution is -2.58. The van der Waals surface area contributed by atoms with E-state index in [1.807, 2.05) is 12.1 Å². The fraction of sp³-hybridized carbons (Fsp3) is 0.0684.